The molecule has 136 valence electrons. The van der Waals surface area contributed by atoms with Gasteiger partial charge in [-0.3, -0.25) is 0 Å². The Labute approximate surface area is 156 Å². The second kappa shape index (κ2) is 7.97. The van der Waals surface area contributed by atoms with E-state index >= 15 is 0 Å². The summed E-state index contributed by atoms with van der Waals surface area (Å²) in [5.41, 5.74) is 1.83. The summed E-state index contributed by atoms with van der Waals surface area (Å²) in [6.07, 6.45) is 1.54. The number of nitrogens with one attached hydrogen (secondary N) is 1. The van der Waals surface area contributed by atoms with E-state index < -0.39 is 10.0 Å². The highest BCUT2D eigenvalue weighted by Crippen LogP contribution is 2.22. The minimum atomic E-state index is -3.56. The van der Waals surface area contributed by atoms with Crippen molar-refractivity contribution in [3.05, 3.63) is 46.5 Å². The summed E-state index contributed by atoms with van der Waals surface area (Å²) in [5, 5.41) is 14.8. The van der Waals surface area contributed by atoms with E-state index in [1.807, 2.05) is 12.3 Å². The van der Waals surface area contributed by atoms with Gasteiger partial charge in [0.1, 0.15) is 16.6 Å². The number of rotatable bonds is 5. The maximum atomic E-state index is 12.7. The molecule has 2 heterocycles. The molecule has 9 heteroatoms. The van der Waals surface area contributed by atoms with Gasteiger partial charge < -0.3 is 10.1 Å². The molecule has 0 spiro atoms. The van der Waals surface area contributed by atoms with Gasteiger partial charge in [-0.15, -0.1) is 11.3 Å². The lowest BCUT2D eigenvalue weighted by molar-refractivity contribution is 0.0730. The lowest BCUT2D eigenvalue weighted by Gasteiger charge is -2.26. The van der Waals surface area contributed by atoms with Crippen molar-refractivity contribution in [1.29, 1.82) is 5.26 Å². The maximum Gasteiger partial charge on any atom is 0.243 e. The molecule has 0 atom stereocenters. The number of anilines is 1. The average molecular weight is 390 g/mol. The molecule has 1 aromatic heterocycles. The predicted octanol–water partition coefficient (Wildman–Crippen LogP) is 2.45. The fourth-order valence-electron chi connectivity index (χ4n) is 2.46. The van der Waals surface area contributed by atoms with Gasteiger partial charge in [0.05, 0.1) is 18.1 Å². The maximum absolute atomic E-state index is 12.7. The number of nitrogens with zero attached hydrogens (tertiary/aromatic N) is 3. The SMILES string of the molecule is Cc1csc(/C(C#N)=C/Nc2cccc(S(=O)(=O)N3CCOCC3)c2)n1. The molecule has 1 aliphatic rings. The molecule has 0 aliphatic carbocycles. The Hall–Kier alpha value is -2.25. The third kappa shape index (κ3) is 4.11. The lowest BCUT2D eigenvalue weighted by Crippen LogP contribution is -2.40. The quantitative estimate of drug-likeness (QED) is 0.788. The molecule has 0 saturated carbocycles. The molecule has 2 aromatic rings. The van der Waals surface area contributed by atoms with Gasteiger partial charge in [0.15, 0.2) is 0 Å². The number of allylic oxidation sites excluding steroid dienone is 1. The van der Waals surface area contributed by atoms with Crippen LogP contribution in [0, 0.1) is 18.3 Å². The molecule has 0 amide bonds. The van der Waals surface area contributed by atoms with Gasteiger partial charge in [-0.25, -0.2) is 13.4 Å². The van der Waals surface area contributed by atoms with E-state index in [0.717, 1.165) is 5.69 Å². The Bertz CT molecular complexity index is 954. The van der Waals surface area contributed by atoms with Crippen LogP contribution in [-0.2, 0) is 14.8 Å². The summed E-state index contributed by atoms with van der Waals surface area (Å²) in [7, 11) is -3.56. The molecule has 1 aromatic carbocycles. The highest BCUT2D eigenvalue weighted by molar-refractivity contribution is 7.89. The first-order valence-electron chi connectivity index (χ1n) is 7.98. The standard InChI is InChI=1S/C17H18N4O3S2/c1-13-12-25-17(20-13)14(10-18)11-19-15-3-2-4-16(9-15)26(22,23)21-5-7-24-8-6-21/h2-4,9,11-12,19H,5-8H2,1H3/b14-11+. The highest BCUT2D eigenvalue weighted by atomic mass is 32.2. The highest BCUT2D eigenvalue weighted by Gasteiger charge is 2.26. The molecule has 1 saturated heterocycles. The second-order valence-electron chi connectivity index (χ2n) is 5.65. The van der Waals surface area contributed by atoms with Crippen LogP contribution < -0.4 is 5.32 Å². The molecule has 1 N–H and O–H groups in total. The molecule has 0 radical (unpaired) electrons. The first-order chi connectivity index (χ1) is 12.5. The Kier molecular flexibility index (Phi) is 5.68. The van der Waals surface area contributed by atoms with Crippen molar-refractivity contribution in [1.82, 2.24) is 9.29 Å². The molecule has 1 fully saturated rings. The molecule has 0 bridgehead atoms. The zero-order valence-corrected chi connectivity index (χ0v) is 15.8. The number of aryl methyl sites for hydroxylation is 1. The van der Waals surface area contributed by atoms with Gasteiger partial charge in [-0.2, -0.15) is 9.57 Å². The fraction of sp³-hybridized carbons (Fsp3) is 0.294. The van der Waals surface area contributed by atoms with Crippen molar-refractivity contribution in [3.63, 3.8) is 0 Å². The number of nitriles is 1. The van der Waals surface area contributed by atoms with Gasteiger partial charge in [0.25, 0.3) is 0 Å². The number of ether oxygens (including phenoxy) is 1. The van der Waals surface area contributed by atoms with E-state index in [2.05, 4.69) is 16.4 Å². The van der Waals surface area contributed by atoms with Crippen LogP contribution >= 0.6 is 11.3 Å². The summed E-state index contributed by atoms with van der Waals surface area (Å²) in [4.78, 5) is 4.50. The van der Waals surface area contributed by atoms with E-state index in [0.29, 0.717) is 42.6 Å². The van der Waals surface area contributed by atoms with Gasteiger partial charge in [-0.1, -0.05) is 6.07 Å². The Morgan fingerprint density at radius 2 is 2.19 bits per heavy atom. The number of thiazole rings is 1. The van der Waals surface area contributed by atoms with Crippen molar-refractivity contribution < 1.29 is 13.2 Å². The Morgan fingerprint density at radius 1 is 1.42 bits per heavy atom. The lowest BCUT2D eigenvalue weighted by atomic mass is 10.3. The third-order valence-electron chi connectivity index (χ3n) is 3.79. The van der Waals surface area contributed by atoms with Gasteiger partial charge in [-0.05, 0) is 25.1 Å². The smallest absolute Gasteiger partial charge is 0.243 e. The van der Waals surface area contributed by atoms with E-state index in [1.165, 1.54) is 15.6 Å². The number of morpholine rings is 1. The molecular weight excluding hydrogens is 372 g/mol. The molecule has 7 nitrogen and oxygen atoms in total. The van der Waals surface area contributed by atoms with Crippen molar-refractivity contribution >= 4 is 32.6 Å². The number of hydrogen-bond donors (Lipinski definition) is 1. The summed E-state index contributed by atoms with van der Waals surface area (Å²) < 4.78 is 32.1. The molecule has 0 unspecified atom stereocenters. The largest absolute Gasteiger partial charge is 0.379 e. The monoisotopic (exact) mass is 390 g/mol. The van der Waals surface area contributed by atoms with Gasteiger partial charge in [0.2, 0.25) is 10.0 Å². The number of benzene rings is 1. The number of hydrogen-bond acceptors (Lipinski definition) is 7. The molecule has 1 aliphatic heterocycles. The predicted molar refractivity (Wildman–Crippen MR) is 100 cm³/mol. The first-order valence-corrected chi connectivity index (χ1v) is 10.3. The Morgan fingerprint density at radius 3 is 2.85 bits per heavy atom. The zero-order chi connectivity index (χ0) is 18.6. The third-order valence-corrected chi connectivity index (χ3v) is 6.68. The van der Waals surface area contributed by atoms with Crippen LogP contribution in [-0.4, -0.2) is 44.0 Å². The van der Waals surface area contributed by atoms with E-state index in [-0.39, 0.29) is 4.90 Å². The average Bonchev–Trinajstić information content (AvgIpc) is 3.09. The van der Waals surface area contributed by atoms with E-state index in [9.17, 15) is 13.7 Å². The van der Waals surface area contributed by atoms with Crippen LogP contribution in [0.4, 0.5) is 5.69 Å². The van der Waals surface area contributed by atoms with Crippen LogP contribution in [0.2, 0.25) is 0 Å². The second-order valence-corrected chi connectivity index (χ2v) is 8.45. The van der Waals surface area contributed by atoms with E-state index in [4.69, 9.17) is 4.74 Å². The van der Waals surface area contributed by atoms with Gasteiger partial charge >= 0.3 is 0 Å². The number of aromatic nitrogens is 1. The van der Waals surface area contributed by atoms with Crippen LogP contribution in [0.25, 0.3) is 5.57 Å². The topological polar surface area (TPSA) is 95.3 Å². The van der Waals surface area contributed by atoms with Crippen molar-refractivity contribution in [3.8, 4) is 6.07 Å². The van der Waals surface area contributed by atoms with Crippen LogP contribution in [0.15, 0.2) is 40.7 Å². The summed E-state index contributed by atoms with van der Waals surface area (Å²) in [6, 6.07) is 8.64. The summed E-state index contributed by atoms with van der Waals surface area (Å²) in [6.45, 7) is 3.36. The Balaban J connectivity index is 1.81. The normalized spacial score (nSPS) is 16.2. The van der Waals surface area contributed by atoms with Crippen molar-refractivity contribution in [2.45, 2.75) is 11.8 Å². The fourth-order valence-corrected chi connectivity index (χ4v) is 4.67. The van der Waals surface area contributed by atoms with Crippen LogP contribution in [0.5, 0.6) is 0 Å². The molecule has 3 rings (SSSR count). The minimum Gasteiger partial charge on any atom is -0.379 e. The first kappa shape index (κ1) is 18.5. The summed E-state index contributed by atoms with van der Waals surface area (Å²) >= 11 is 1.39. The minimum absolute atomic E-state index is 0.210. The van der Waals surface area contributed by atoms with Gasteiger partial charge in [0, 0.05) is 36.1 Å². The molecular formula is C17H18N4O3S2. The van der Waals surface area contributed by atoms with Crippen LogP contribution in [0.3, 0.4) is 0 Å². The van der Waals surface area contributed by atoms with E-state index in [1.54, 1.807) is 30.5 Å². The molecule has 26 heavy (non-hydrogen) atoms. The van der Waals surface area contributed by atoms with Crippen molar-refractivity contribution in [2.24, 2.45) is 0 Å². The summed E-state index contributed by atoms with van der Waals surface area (Å²) in [5.74, 6) is 0. The zero-order valence-electron chi connectivity index (χ0n) is 14.2. The van der Waals surface area contributed by atoms with Crippen molar-refractivity contribution in [2.75, 3.05) is 31.6 Å². The van der Waals surface area contributed by atoms with Crippen LogP contribution in [0.1, 0.15) is 10.7 Å². The number of sulfonamides is 1.